The number of carbonyl (C=O) groups is 1. The third-order valence-electron chi connectivity index (χ3n) is 8.56. The van der Waals surface area contributed by atoms with Gasteiger partial charge in [-0.25, -0.2) is 9.97 Å². The quantitative estimate of drug-likeness (QED) is 0.612. The van der Waals surface area contributed by atoms with E-state index in [-0.39, 0.29) is 5.91 Å². The van der Waals surface area contributed by atoms with Crippen molar-refractivity contribution in [1.29, 1.82) is 0 Å². The normalized spacial score (nSPS) is 22.3. The molecule has 1 atom stereocenters. The summed E-state index contributed by atoms with van der Waals surface area (Å²) in [5.74, 6) is 1.36. The topological polar surface area (TPSA) is 73.8 Å². The maximum absolute atomic E-state index is 13.4. The summed E-state index contributed by atoms with van der Waals surface area (Å²) in [4.78, 5) is 29.4. The number of ether oxygens (including phenoxy) is 1. The number of likely N-dealkylation sites (tertiary alicyclic amines) is 2. The smallest absolute Gasteiger partial charge is 0.272 e. The number of hydrogen-bond donors (Lipinski definition) is 1. The van der Waals surface area contributed by atoms with E-state index in [1.165, 1.54) is 24.9 Å². The number of para-hydroxylation sites is 1. The number of hydrogen-bond acceptors (Lipinski definition) is 7. The number of rotatable bonds is 7. The fraction of sp³-hybridized carbons (Fsp3) is 0.621. The van der Waals surface area contributed by atoms with Crippen LogP contribution in [0.1, 0.15) is 54.6 Å². The molecule has 0 bridgehead atoms. The van der Waals surface area contributed by atoms with Crippen molar-refractivity contribution in [3.8, 4) is 0 Å². The van der Waals surface area contributed by atoms with Gasteiger partial charge in [-0.1, -0.05) is 18.2 Å². The van der Waals surface area contributed by atoms with Gasteiger partial charge in [0.2, 0.25) is 0 Å². The van der Waals surface area contributed by atoms with Crippen molar-refractivity contribution in [3.63, 3.8) is 0 Å². The highest BCUT2D eigenvalue weighted by atomic mass is 16.5. The average Bonchev–Trinajstić information content (AvgIpc) is 2.97. The van der Waals surface area contributed by atoms with Gasteiger partial charge >= 0.3 is 0 Å². The summed E-state index contributed by atoms with van der Waals surface area (Å²) in [5, 5.41) is 3.55. The molecular weight excluding hydrogens is 464 g/mol. The molecule has 0 radical (unpaired) electrons. The molecule has 200 valence electrons. The van der Waals surface area contributed by atoms with Crippen LogP contribution in [-0.4, -0.2) is 90.7 Å². The number of carbonyl (C=O) groups excluding carboxylic acids is 1. The van der Waals surface area contributed by atoms with Crippen LogP contribution in [0.15, 0.2) is 36.7 Å². The predicted molar refractivity (Wildman–Crippen MR) is 147 cm³/mol. The molecule has 0 aliphatic carbocycles. The predicted octanol–water partition coefficient (Wildman–Crippen LogP) is 3.83. The van der Waals surface area contributed by atoms with Crippen LogP contribution in [0, 0.1) is 12.8 Å². The summed E-state index contributed by atoms with van der Waals surface area (Å²) in [6, 6.07) is 11.2. The highest BCUT2D eigenvalue weighted by Crippen LogP contribution is 2.26. The number of benzene rings is 1. The fourth-order valence-electron chi connectivity index (χ4n) is 6.25. The molecule has 3 aliphatic rings. The van der Waals surface area contributed by atoms with Gasteiger partial charge in [0.1, 0.15) is 17.8 Å². The lowest BCUT2D eigenvalue weighted by Crippen LogP contribution is -2.49. The van der Waals surface area contributed by atoms with E-state index in [1.807, 2.05) is 18.9 Å². The van der Waals surface area contributed by atoms with E-state index in [2.05, 4.69) is 55.4 Å². The summed E-state index contributed by atoms with van der Waals surface area (Å²) in [5.41, 5.74) is 2.68. The second-order valence-electron chi connectivity index (χ2n) is 10.9. The van der Waals surface area contributed by atoms with Gasteiger partial charge in [0.25, 0.3) is 5.91 Å². The molecule has 1 unspecified atom stereocenters. The van der Waals surface area contributed by atoms with Gasteiger partial charge < -0.3 is 24.8 Å². The van der Waals surface area contributed by atoms with Crippen LogP contribution < -0.4 is 10.2 Å². The maximum Gasteiger partial charge on any atom is 0.272 e. The van der Waals surface area contributed by atoms with Crippen molar-refractivity contribution in [2.45, 2.75) is 57.6 Å². The number of piperidine rings is 3. The standard InChI is InChI=1S/C29H42N6O2/c1-22-27(29(36)34-15-10-25(11-16-34)33-17-12-26(37-2)13-18-33)31-21-32-28(22)30-19-23-7-6-14-35(20-23)24-8-4-3-5-9-24/h3-5,8-9,21,23,25-26H,6-7,10-20H2,1-2H3,(H,30,31,32). The molecule has 8 heteroatoms. The lowest BCUT2D eigenvalue weighted by molar-refractivity contribution is 0.0144. The van der Waals surface area contributed by atoms with Gasteiger partial charge in [-0.05, 0) is 63.5 Å². The lowest BCUT2D eigenvalue weighted by Gasteiger charge is -2.41. The SMILES string of the molecule is COC1CCN(C2CCN(C(=O)c3ncnc(NCC4CCCN(c5ccccc5)C4)c3C)CC2)CC1. The van der Waals surface area contributed by atoms with Crippen molar-refractivity contribution in [3.05, 3.63) is 47.9 Å². The monoisotopic (exact) mass is 506 g/mol. The zero-order valence-electron chi connectivity index (χ0n) is 22.4. The van der Waals surface area contributed by atoms with Crippen LogP contribution in [0.4, 0.5) is 11.5 Å². The van der Waals surface area contributed by atoms with E-state index in [0.29, 0.717) is 23.8 Å². The first-order valence-corrected chi connectivity index (χ1v) is 14.0. The summed E-state index contributed by atoms with van der Waals surface area (Å²) in [7, 11) is 1.82. The maximum atomic E-state index is 13.4. The zero-order valence-corrected chi connectivity index (χ0v) is 22.4. The van der Waals surface area contributed by atoms with Crippen LogP contribution in [-0.2, 0) is 4.74 Å². The minimum absolute atomic E-state index is 0.0346. The molecule has 1 amide bonds. The number of methoxy groups -OCH3 is 1. The molecule has 4 heterocycles. The Morgan fingerprint density at radius 1 is 1.00 bits per heavy atom. The third kappa shape index (κ3) is 6.24. The van der Waals surface area contributed by atoms with Crippen LogP contribution in [0.5, 0.6) is 0 Å². The Morgan fingerprint density at radius 2 is 1.76 bits per heavy atom. The van der Waals surface area contributed by atoms with Gasteiger partial charge in [0.15, 0.2) is 0 Å². The Kier molecular flexibility index (Phi) is 8.56. The van der Waals surface area contributed by atoms with E-state index in [4.69, 9.17) is 4.74 Å². The molecule has 0 spiro atoms. The molecule has 1 aromatic carbocycles. The zero-order chi connectivity index (χ0) is 25.6. The first-order valence-electron chi connectivity index (χ1n) is 14.0. The van der Waals surface area contributed by atoms with Crippen molar-refractivity contribution in [2.24, 2.45) is 5.92 Å². The minimum atomic E-state index is 0.0346. The van der Waals surface area contributed by atoms with Crippen LogP contribution >= 0.6 is 0 Å². The van der Waals surface area contributed by atoms with Crippen LogP contribution in [0.2, 0.25) is 0 Å². The van der Waals surface area contributed by atoms with Crippen molar-refractivity contribution in [1.82, 2.24) is 19.8 Å². The Balaban J connectivity index is 1.14. The summed E-state index contributed by atoms with van der Waals surface area (Å²) in [6.07, 6.45) is 8.59. The molecule has 1 N–H and O–H groups in total. The molecule has 3 saturated heterocycles. The van der Waals surface area contributed by atoms with Crippen LogP contribution in [0.25, 0.3) is 0 Å². The third-order valence-corrected chi connectivity index (χ3v) is 8.56. The number of anilines is 2. The number of nitrogens with one attached hydrogen (secondary N) is 1. The number of aromatic nitrogens is 2. The van der Waals surface area contributed by atoms with Gasteiger partial charge in [0.05, 0.1) is 6.10 Å². The second kappa shape index (κ2) is 12.2. The molecule has 2 aromatic rings. The average molecular weight is 507 g/mol. The fourth-order valence-corrected chi connectivity index (χ4v) is 6.25. The first kappa shape index (κ1) is 25.9. The van der Waals surface area contributed by atoms with E-state index >= 15 is 0 Å². The number of nitrogens with zero attached hydrogens (tertiary/aromatic N) is 5. The molecule has 0 saturated carbocycles. The largest absolute Gasteiger partial charge is 0.381 e. The van der Waals surface area contributed by atoms with Crippen molar-refractivity contribution >= 4 is 17.4 Å². The minimum Gasteiger partial charge on any atom is -0.381 e. The second-order valence-corrected chi connectivity index (χ2v) is 10.9. The van der Waals surface area contributed by atoms with E-state index in [9.17, 15) is 4.79 Å². The van der Waals surface area contributed by atoms with E-state index in [0.717, 1.165) is 82.9 Å². The Labute approximate surface area is 221 Å². The molecule has 3 aliphatic heterocycles. The highest BCUT2D eigenvalue weighted by Gasteiger charge is 2.31. The Hall–Kier alpha value is -2.71. The lowest BCUT2D eigenvalue weighted by atomic mass is 9.97. The van der Waals surface area contributed by atoms with E-state index in [1.54, 1.807) is 0 Å². The molecule has 8 nitrogen and oxygen atoms in total. The molecule has 3 fully saturated rings. The highest BCUT2D eigenvalue weighted by molar-refractivity contribution is 5.94. The van der Waals surface area contributed by atoms with Crippen molar-refractivity contribution in [2.75, 3.05) is 63.1 Å². The van der Waals surface area contributed by atoms with Gasteiger partial charge in [0, 0.05) is 70.2 Å². The Morgan fingerprint density at radius 3 is 2.49 bits per heavy atom. The molecule has 1 aromatic heterocycles. The van der Waals surface area contributed by atoms with Gasteiger partial charge in [-0.3, -0.25) is 4.79 Å². The van der Waals surface area contributed by atoms with E-state index < -0.39 is 0 Å². The molecule has 37 heavy (non-hydrogen) atoms. The van der Waals surface area contributed by atoms with Crippen LogP contribution in [0.3, 0.4) is 0 Å². The molecule has 5 rings (SSSR count). The van der Waals surface area contributed by atoms with Gasteiger partial charge in [-0.15, -0.1) is 0 Å². The summed E-state index contributed by atoms with van der Waals surface area (Å²) >= 11 is 0. The number of amides is 1. The Bertz CT molecular complexity index is 1020. The molecular formula is C29H42N6O2. The summed E-state index contributed by atoms with van der Waals surface area (Å²) in [6.45, 7) is 8.73. The first-order chi connectivity index (χ1) is 18.1. The van der Waals surface area contributed by atoms with Crippen molar-refractivity contribution < 1.29 is 9.53 Å². The van der Waals surface area contributed by atoms with Gasteiger partial charge in [-0.2, -0.15) is 0 Å². The summed E-state index contributed by atoms with van der Waals surface area (Å²) < 4.78 is 5.52.